The Balaban J connectivity index is 3.33. The molecule has 0 aromatic rings. The van der Waals surface area contributed by atoms with Crippen molar-refractivity contribution < 1.29 is 13.6 Å². The van der Waals surface area contributed by atoms with Crippen LogP contribution >= 0.6 is 0 Å². The van der Waals surface area contributed by atoms with E-state index in [9.17, 15) is 4.79 Å². The second-order valence-electron chi connectivity index (χ2n) is 8.84. The molecular weight excluding hydrogens is 304 g/mol. The number of carbonyl (C=O) groups excluding carboxylic acids is 1. The van der Waals surface area contributed by atoms with E-state index in [1.165, 1.54) is 0 Å². The topological polar surface area (TPSA) is 35.5 Å². The van der Waals surface area contributed by atoms with E-state index in [0.29, 0.717) is 12.8 Å². The lowest BCUT2D eigenvalue weighted by atomic mass is 9.93. The lowest BCUT2D eigenvalue weighted by Gasteiger charge is -2.56. The Labute approximate surface area is 144 Å². The van der Waals surface area contributed by atoms with Gasteiger partial charge in [-0.1, -0.05) is 67.5 Å². The summed E-state index contributed by atoms with van der Waals surface area (Å²) >= 11 is 0. The van der Waals surface area contributed by atoms with Crippen molar-refractivity contribution in [3.8, 4) is 0 Å². The van der Waals surface area contributed by atoms with E-state index in [0.717, 1.165) is 0 Å². The Morgan fingerprint density at radius 3 is 2.00 bits per heavy atom. The summed E-state index contributed by atoms with van der Waals surface area (Å²) in [5.41, 5.74) is 0. The molecule has 0 spiro atoms. The highest BCUT2D eigenvalue weighted by atomic mass is 28.4. The molecule has 0 radical (unpaired) electrons. The fourth-order valence-corrected chi connectivity index (χ4v) is 8.81. The highest BCUT2D eigenvalue weighted by Crippen LogP contribution is 2.56. The van der Waals surface area contributed by atoms with Crippen LogP contribution in [0.25, 0.3) is 0 Å². The van der Waals surface area contributed by atoms with Crippen molar-refractivity contribution in [2.24, 2.45) is 5.92 Å². The number of ketones is 1. The first kappa shape index (κ1) is 20.6. The van der Waals surface area contributed by atoms with Crippen molar-refractivity contribution in [2.45, 2.75) is 97.4 Å². The molecule has 0 aliphatic carbocycles. The summed E-state index contributed by atoms with van der Waals surface area (Å²) in [6, 6.07) is 0. The first-order valence-electron chi connectivity index (χ1n) is 8.89. The molecule has 134 valence electrons. The monoisotopic (exact) mass is 340 g/mol. The van der Waals surface area contributed by atoms with Gasteiger partial charge in [0, 0.05) is 28.8 Å². The molecule has 4 heteroatoms. The summed E-state index contributed by atoms with van der Waals surface area (Å²) in [7, 11) is -2.57. The second-order valence-corrected chi connectivity index (χ2v) is 13.5. The lowest BCUT2D eigenvalue weighted by Crippen LogP contribution is -2.65. The van der Waals surface area contributed by atoms with E-state index in [1.807, 2.05) is 13.8 Å². The van der Waals surface area contributed by atoms with Gasteiger partial charge in [0.2, 0.25) is 0 Å². The zero-order valence-electron chi connectivity index (χ0n) is 16.5. The Kier molecular flexibility index (Phi) is 6.45. The molecule has 0 saturated carbocycles. The molecule has 1 heterocycles. The molecule has 23 heavy (non-hydrogen) atoms. The maximum Gasteiger partial charge on any atom is 0.350 e. The maximum atomic E-state index is 12.1. The number of carbonyl (C=O) groups is 1. The number of hydrogen-bond donors (Lipinski definition) is 0. The summed E-state index contributed by atoms with van der Waals surface area (Å²) in [6.07, 6.45) is 5.22. The van der Waals surface area contributed by atoms with Crippen molar-refractivity contribution in [1.29, 1.82) is 0 Å². The van der Waals surface area contributed by atoms with Crippen molar-refractivity contribution in [1.82, 2.24) is 0 Å². The van der Waals surface area contributed by atoms with Gasteiger partial charge in [-0.2, -0.15) is 0 Å². The number of Topliss-reactive ketones (excluding diaryl/α,β-unsaturated/α-hetero) is 1. The van der Waals surface area contributed by atoms with Crippen LogP contribution in [-0.2, 0) is 13.6 Å². The fourth-order valence-electron chi connectivity index (χ4n) is 3.69. The molecule has 1 fully saturated rings. The molecule has 0 unspecified atom stereocenters. The first-order chi connectivity index (χ1) is 10.4. The molecular formula is C19H36O3Si. The Morgan fingerprint density at radius 1 is 1.09 bits per heavy atom. The smallest absolute Gasteiger partial charge is 0.350 e. The standard InChI is InChI=1S/C19H36O3Si/c1-10-12-16-14(3)17(13-15(20)11-2)22-23(21-16,18(4,5)6)19(7,8)9/h10,12,14,16-17H,11,13H2,1-9H3/b12-10+/t14-,16-,17-/m1/s1. The molecule has 1 saturated heterocycles. The number of allylic oxidation sites excluding steroid dienone is 1. The van der Waals surface area contributed by atoms with Crippen molar-refractivity contribution in [3.63, 3.8) is 0 Å². The summed E-state index contributed by atoms with van der Waals surface area (Å²) < 4.78 is 13.4. The SMILES string of the molecule is C/C=C/[C@H]1O[Si](C(C)(C)C)(C(C)(C)C)O[C@H](CC(=O)CC)[C@@H]1C. The minimum atomic E-state index is -2.57. The van der Waals surface area contributed by atoms with Gasteiger partial charge in [-0.05, 0) is 6.92 Å². The summed E-state index contributed by atoms with van der Waals surface area (Å²) in [5.74, 6) is 0.459. The summed E-state index contributed by atoms with van der Waals surface area (Å²) in [5, 5.41) is -0.141. The quantitative estimate of drug-likeness (QED) is 0.508. The predicted octanol–water partition coefficient (Wildman–Crippen LogP) is 5.39. The van der Waals surface area contributed by atoms with Gasteiger partial charge >= 0.3 is 8.56 Å². The predicted molar refractivity (Wildman–Crippen MR) is 98.8 cm³/mol. The third-order valence-corrected chi connectivity index (χ3v) is 10.1. The summed E-state index contributed by atoms with van der Waals surface area (Å²) in [6.45, 7) is 19.4. The highest BCUT2D eigenvalue weighted by Gasteiger charge is 2.63. The van der Waals surface area contributed by atoms with Crippen LogP contribution in [0.1, 0.15) is 75.2 Å². The minimum Gasteiger partial charge on any atom is -0.390 e. The number of hydrogen-bond acceptors (Lipinski definition) is 3. The van der Waals surface area contributed by atoms with Gasteiger partial charge in [-0.25, -0.2) is 0 Å². The molecule has 1 aliphatic heterocycles. The third kappa shape index (κ3) is 4.15. The van der Waals surface area contributed by atoms with Crippen LogP contribution in [0.2, 0.25) is 10.1 Å². The van der Waals surface area contributed by atoms with Crippen LogP contribution in [-0.4, -0.2) is 26.6 Å². The van der Waals surface area contributed by atoms with Crippen LogP contribution in [0.15, 0.2) is 12.2 Å². The molecule has 3 nitrogen and oxygen atoms in total. The molecule has 0 aromatic carbocycles. The second kappa shape index (κ2) is 7.20. The molecule has 0 aromatic heterocycles. The van der Waals surface area contributed by atoms with E-state index in [4.69, 9.17) is 8.85 Å². The van der Waals surface area contributed by atoms with E-state index in [2.05, 4.69) is 60.6 Å². The van der Waals surface area contributed by atoms with Gasteiger partial charge in [-0.3, -0.25) is 4.79 Å². The largest absolute Gasteiger partial charge is 0.390 e. The van der Waals surface area contributed by atoms with Gasteiger partial charge in [-0.15, -0.1) is 0 Å². The van der Waals surface area contributed by atoms with Crippen LogP contribution in [0.4, 0.5) is 0 Å². The van der Waals surface area contributed by atoms with Crippen LogP contribution in [0.3, 0.4) is 0 Å². The van der Waals surface area contributed by atoms with Crippen LogP contribution in [0.5, 0.6) is 0 Å². The molecule has 0 bridgehead atoms. The molecule has 1 rings (SSSR count). The van der Waals surface area contributed by atoms with Crippen molar-refractivity contribution in [2.75, 3.05) is 0 Å². The summed E-state index contributed by atoms with van der Waals surface area (Å²) in [4.78, 5) is 12.1. The Bertz CT molecular complexity index is 429. The first-order valence-corrected chi connectivity index (χ1v) is 10.7. The number of rotatable bonds is 4. The van der Waals surface area contributed by atoms with E-state index < -0.39 is 8.56 Å². The minimum absolute atomic E-state index is 0.0218. The normalized spacial score (nSPS) is 29.0. The van der Waals surface area contributed by atoms with Gasteiger partial charge in [0.1, 0.15) is 5.78 Å². The fraction of sp³-hybridized carbons (Fsp3) is 0.842. The molecule has 0 N–H and O–H groups in total. The van der Waals surface area contributed by atoms with E-state index in [1.54, 1.807) is 0 Å². The van der Waals surface area contributed by atoms with E-state index >= 15 is 0 Å². The lowest BCUT2D eigenvalue weighted by molar-refractivity contribution is -0.124. The maximum absolute atomic E-state index is 12.1. The van der Waals surface area contributed by atoms with Crippen molar-refractivity contribution >= 4 is 14.3 Å². The average molecular weight is 341 g/mol. The zero-order valence-corrected chi connectivity index (χ0v) is 17.5. The van der Waals surface area contributed by atoms with Gasteiger partial charge in [0.25, 0.3) is 0 Å². The van der Waals surface area contributed by atoms with Crippen LogP contribution < -0.4 is 0 Å². The Morgan fingerprint density at radius 2 is 1.61 bits per heavy atom. The Hall–Kier alpha value is -0.453. The third-order valence-electron chi connectivity index (χ3n) is 4.90. The van der Waals surface area contributed by atoms with Gasteiger partial charge in [0.05, 0.1) is 12.2 Å². The van der Waals surface area contributed by atoms with E-state index in [-0.39, 0.29) is 34.0 Å². The molecule has 0 amide bonds. The van der Waals surface area contributed by atoms with Crippen molar-refractivity contribution in [3.05, 3.63) is 12.2 Å². The average Bonchev–Trinajstić information content (AvgIpc) is 2.40. The zero-order chi connectivity index (χ0) is 18.1. The van der Waals surface area contributed by atoms with Gasteiger partial charge in [0.15, 0.2) is 0 Å². The van der Waals surface area contributed by atoms with Gasteiger partial charge < -0.3 is 8.85 Å². The molecule has 3 atom stereocenters. The molecule has 1 aliphatic rings. The highest BCUT2D eigenvalue weighted by molar-refractivity contribution is 6.73. The van der Waals surface area contributed by atoms with Crippen LogP contribution in [0, 0.1) is 5.92 Å².